The zero-order valence-electron chi connectivity index (χ0n) is 9.85. The molecule has 0 N–H and O–H groups in total. The first-order valence-corrected chi connectivity index (χ1v) is 6.40. The summed E-state index contributed by atoms with van der Waals surface area (Å²) in [5.41, 5.74) is 2.07. The fourth-order valence-corrected chi connectivity index (χ4v) is 3.34. The third kappa shape index (κ3) is 2.70. The molecule has 1 nitrogen and oxygen atoms in total. The Hall–Kier alpha value is -0.590. The van der Waals surface area contributed by atoms with E-state index in [4.69, 9.17) is 0 Å². The van der Waals surface area contributed by atoms with Crippen LogP contribution in [0.25, 0.3) is 0 Å². The van der Waals surface area contributed by atoms with Crippen molar-refractivity contribution in [1.29, 1.82) is 0 Å². The highest BCUT2D eigenvalue weighted by Crippen LogP contribution is 2.48. The number of carbonyl (C=O) groups is 1. The van der Waals surface area contributed by atoms with Crippen LogP contribution in [0.4, 0.5) is 0 Å². The summed E-state index contributed by atoms with van der Waals surface area (Å²) in [7, 11) is 0. The van der Waals surface area contributed by atoms with Crippen molar-refractivity contribution >= 4 is 5.78 Å². The largest absolute Gasteiger partial charge is 0.295 e. The van der Waals surface area contributed by atoms with Crippen molar-refractivity contribution in [3.63, 3.8) is 0 Å². The Bertz CT molecular complexity index is 257. The SMILES string of the molecule is CC(=O)C=C1CCC2(CCCCC2)CC1. The lowest BCUT2D eigenvalue weighted by atomic mass is 9.64. The highest BCUT2D eigenvalue weighted by molar-refractivity contribution is 5.87. The van der Waals surface area contributed by atoms with Gasteiger partial charge in [0.1, 0.15) is 0 Å². The summed E-state index contributed by atoms with van der Waals surface area (Å²) in [6.07, 6.45) is 14.1. The van der Waals surface area contributed by atoms with Gasteiger partial charge < -0.3 is 0 Å². The number of carbonyl (C=O) groups excluding carboxylic acids is 1. The van der Waals surface area contributed by atoms with E-state index in [0.717, 1.165) is 0 Å². The summed E-state index contributed by atoms with van der Waals surface area (Å²) in [6.45, 7) is 1.66. The van der Waals surface area contributed by atoms with Gasteiger partial charge in [-0.2, -0.15) is 0 Å². The third-order valence-corrected chi connectivity index (χ3v) is 4.27. The molecular formula is C14H22O. The second-order valence-corrected chi connectivity index (χ2v) is 5.47. The molecule has 0 aromatic rings. The van der Waals surface area contributed by atoms with Gasteiger partial charge in [-0.1, -0.05) is 24.8 Å². The van der Waals surface area contributed by atoms with Crippen molar-refractivity contribution < 1.29 is 4.79 Å². The number of ketones is 1. The number of hydrogen-bond donors (Lipinski definition) is 0. The van der Waals surface area contributed by atoms with Gasteiger partial charge in [0, 0.05) is 0 Å². The topological polar surface area (TPSA) is 17.1 Å². The maximum Gasteiger partial charge on any atom is 0.152 e. The fourth-order valence-electron chi connectivity index (χ4n) is 3.34. The van der Waals surface area contributed by atoms with Crippen molar-refractivity contribution in [3.8, 4) is 0 Å². The molecule has 0 unspecified atom stereocenters. The van der Waals surface area contributed by atoms with Crippen molar-refractivity contribution in [2.75, 3.05) is 0 Å². The van der Waals surface area contributed by atoms with Crippen LogP contribution >= 0.6 is 0 Å². The third-order valence-electron chi connectivity index (χ3n) is 4.27. The predicted octanol–water partition coefficient (Wildman–Crippen LogP) is 4.03. The highest BCUT2D eigenvalue weighted by atomic mass is 16.1. The molecule has 2 aliphatic carbocycles. The Morgan fingerprint density at radius 2 is 1.67 bits per heavy atom. The second-order valence-electron chi connectivity index (χ2n) is 5.47. The van der Waals surface area contributed by atoms with E-state index in [1.54, 1.807) is 6.92 Å². The first kappa shape index (κ1) is 10.9. The lowest BCUT2D eigenvalue weighted by Gasteiger charge is -2.41. The summed E-state index contributed by atoms with van der Waals surface area (Å²) < 4.78 is 0. The Morgan fingerprint density at radius 1 is 1.07 bits per heavy atom. The van der Waals surface area contributed by atoms with Gasteiger partial charge in [-0.25, -0.2) is 0 Å². The molecule has 0 atom stereocenters. The minimum atomic E-state index is 0.226. The first-order valence-electron chi connectivity index (χ1n) is 6.40. The van der Waals surface area contributed by atoms with Gasteiger partial charge in [-0.3, -0.25) is 4.79 Å². The van der Waals surface area contributed by atoms with Gasteiger partial charge in [-0.05, 0) is 56.9 Å². The summed E-state index contributed by atoms with van der Waals surface area (Å²) in [6, 6.07) is 0. The average molecular weight is 206 g/mol. The minimum Gasteiger partial charge on any atom is -0.295 e. The van der Waals surface area contributed by atoms with Gasteiger partial charge in [0.25, 0.3) is 0 Å². The summed E-state index contributed by atoms with van der Waals surface area (Å²) >= 11 is 0. The first-order chi connectivity index (χ1) is 7.20. The second kappa shape index (κ2) is 4.51. The number of rotatable bonds is 1. The molecule has 0 aromatic heterocycles. The standard InChI is InChI=1S/C14H22O/c1-12(15)11-13-5-9-14(10-6-13)7-3-2-4-8-14/h11H,2-10H2,1H3. The van der Waals surface area contributed by atoms with E-state index in [9.17, 15) is 4.79 Å². The molecule has 0 amide bonds. The Kier molecular flexibility index (Phi) is 3.28. The van der Waals surface area contributed by atoms with Gasteiger partial charge in [0.05, 0.1) is 0 Å². The average Bonchev–Trinajstić information content (AvgIpc) is 2.23. The molecule has 2 fully saturated rings. The van der Waals surface area contributed by atoms with Crippen LogP contribution in [0.15, 0.2) is 11.6 Å². The van der Waals surface area contributed by atoms with Gasteiger partial charge >= 0.3 is 0 Å². The molecule has 1 heteroatoms. The lowest BCUT2D eigenvalue weighted by molar-refractivity contribution is -0.112. The van der Waals surface area contributed by atoms with Gasteiger partial charge in [-0.15, -0.1) is 0 Å². The van der Waals surface area contributed by atoms with E-state index >= 15 is 0 Å². The molecule has 84 valence electrons. The highest BCUT2D eigenvalue weighted by Gasteiger charge is 2.34. The molecule has 0 bridgehead atoms. The van der Waals surface area contributed by atoms with Crippen molar-refractivity contribution in [2.45, 2.75) is 64.7 Å². The van der Waals surface area contributed by atoms with Gasteiger partial charge in [0.15, 0.2) is 5.78 Å². The molecule has 0 aromatic carbocycles. The molecule has 15 heavy (non-hydrogen) atoms. The monoisotopic (exact) mass is 206 g/mol. The van der Waals surface area contributed by atoms with E-state index < -0.39 is 0 Å². The number of hydrogen-bond acceptors (Lipinski definition) is 1. The van der Waals surface area contributed by atoms with E-state index in [-0.39, 0.29) is 5.78 Å². The molecule has 0 heterocycles. The normalized spacial score (nSPS) is 25.3. The zero-order valence-corrected chi connectivity index (χ0v) is 9.85. The van der Waals surface area contributed by atoms with Crippen LogP contribution < -0.4 is 0 Å². The fraction of sp³-hybridized carbons (Fsp3) is 0.786. The molecule has 0 aliphatic heterocycles. The minimum absolute atomic E-state index is 0.226. The maximum atomic E-state index is 11.0. The van der Waals surface area contributed by atoms with Crippen LogP contribution in [0, 0.1) is 5.41 Å². The lowest BCUT2D eigenvalue weighted by Crippen LogP contribution is -2.27. The number of allylic oxidation sites excluding steroid dienone is 2. The summed E-state index contributed by atoms with van der Waals surface area (Å²) in [4.78, 5) is 11.0. The quantitative estimate of drug-likeness (QED) is 0.592. The molecule has 0 saturated heterocycles. The van der Waals surface area contributed by atoms with E-state index in [1.807, 2.05) is 6.08 Å². The molecule has 2 aliphatic rings. The Morgan fingerprint density at radius 3 is 2.20 bits per heavy atom. The molecule has 2 rings (SSSR count). The predicted molar refractivity (Wildman–Crippen MR) is 62.8 cm³/mol. The van der Waals surface area contributed by atoms with Crippen LogP contribution in [0.1, 0.15) is 64.7 Å². The van der Waals surface area contributed by atoms with Crippen LogP contribution in [0.5, 0.6) is 0 Å². The smallest absolute Gasteiger partial charge is 0.152 e. The summed E-state index contributed by atoms with van der Waals surface area (Å²) in [5, 5.41) is 0. The molecule has 1 spiro atoms. The van der Waals surface area contributed by atoms with Crippen LogP contribution in [0.3, 0.4) is 0 Å². The maximum absolute atomic E-state index is 11.0. The van der Waals surface area contributed by atoms with Crippen molar-refractivity contribution in [1.82, 2.24) is 0 Å². The zero-order chi connectivity index (χ0) is 10.7. The van der Waals surface area contributed by atoms with E-state index in [0.29, 0.717) is 5.41 Å². The van der Waals surface area contributed by atoms with E-state index in [1.165, 1.54) is 63.4 Å². The van der Waals surface area contributed by atoms with Crippen LogP contribution in [-0.4, -0.2) is 5.78 Å². The van der Waals surface area contributed by atoms with Crippen molar-refractivity contribution in [3.05, 3.63) is 11.6 Å². The van der Waals surface area contributed by atoms with Crippen molar-refractivity contribution in [2.24, 2.45) is 5.41 Å². The molecular weight excluding hydrogens is 184 g/mol. The molecule has 2 saturated carbocycles. The summed E-state index contributed by atoms with van der Waals surface area (Å²) in [5.74, 6) is 0.226. The van der Waals surface area contributed by atoms with E-state index in [2.05, 4.69) is 0 Å². The van der Waals surface area contributed by atoms with Crippen LogP contribution in [-0.2, 0) is 4.79 Å². The molecule has 0 radical (unpaired) electrons. The van der Waals surface area contributed by atoms with Crippen LogP contribution in [0.2, 0.25) is 0 Å². The Labute approximate surface area is 92.9 Å². The van der Waals surface area contributed by atoms with Gasteiger partial charge in [0.2, 0.25) is 0 Å². The Balaban J connectivity index is 1.93.